The average Bonchev–Trinajstić information content (AvgIpc) is 2.86. The van der Waals surface area contributed by atoms with Crippen LogP contribution in [0, 0.1) is 3.57 Å². The lowest BCUT2D eigenvalue weighted by molar-refractivity contribution is 0.104. The number of hydrogen-bond donors (Lipinski definition) is 0. The van der Waals surface area contributed by atoms with Crippen LogP contribution in [-0.4, -0.2) is 10.4 Å². The smallest absolute Gasteiger partial charge is 0.195 e. The van der Waals surface area contributed by atoms with Gasteiger partial charge in [0.2, 0.25) is 0 Å². The number of rotatable bonds is 4. The number of para-hydroxylation sites is 1. The van der Waals surface area contributed by atoms with E-state index in [0.29, 0.717) is 6.54 Å². The van der Waals surface area contributed by atoms with Gasteiger partial charge in [0.05, 0.1) is 0 Å². The van der Waals surface area contributed by atoms with Crippen LogP contribution in [-0.2, 0) is 6.54 Å². The lowest BCUT2D eigenvalue weighted by Gasteiger charge is -2.00. The van der Waals surface area contributed by atoms with Crippen molar-refractivity contribution in [3.8, 4) is 0 Å². The highest BCUT2D eigenvalue weighted by Crippen LogP contribution is 2.24. The predicted octanol–water partition coefficient (Wildman–Crippen LogP) is 4.66. The molecule has 0 saturated heterocycles. The summed E-state index contributed by atoms with van der Waals surface area (Å²) in [5.74, 6) is 0.0625. The number of fused-ring (bicyclic) bond motifs is 1. The Morgan fingerprint density at radius 1 is 1.19 bits per heavy atom. The summed E-state index contributed by atoms with van der Waals surface area (Å²) >= 11 is 2.22. The molecule has 0 spiro atoms. The molecule has 3 rings (SSSR count). The molecule has 0 atom stereocenters. The molecule has 3 heteroatoms. The van der Waals surface area contributed by atoms with Gasteiger partial charge in [-0.05, 0) is 40.8 Å². The SMILES string of the molecule is C=CCn1cc(C(=O)c2cccc(I)c2)c2ccccc21. The van der Waals surface area contributed by atoms with E-state index in [1.807, 2.05) is 60.8 Å². The monoisotopic (exact) mass is 387 g/mol. The van der Waals surface area contributed by atoms with Gasteiger partial charge in [-0.25, -0.2) is 0 Å². The molecule has 1 aromatic heterocycles. The van der Waals surface area contributed by atoms with Crippen LogP contribution in [0.5, 0.6) is 0 Å². The third-order valence-electron chi connectivity index (χ3n) is 3.45. The molecule has 0 bridgehead atoms. The number of nitrogens with zero attached hydrogens (tertiary/aromatic N) is 1. The normalized spacial score (nSPS) is 10.7. The van der Waals surface area contributed by atoms with Crippen LogP contribution in [0.4, 0.5) is 0 Å². The second-order valence-electron chi connectivity index (χ2n) is 4.84. The zero-order valence-electron chi connectivity index (χ0n) is 11.4. The van der Waals surface area contributed by atoms with E-state index in [-0.39, 0.29) is 5.78 Å². The van der Waals surface area contributed by atoms with E-state index < -0.39 is 0 Å². The quantitative estimate of drug-likeness (QED) is 0.363. The minimum absolute atomic E-state index is 0.0625. The standard InChI is InChI=1S/C18H14INO/c1-2-10-20-12-16(15-8-3-4-9-17(15)20)18(21)13-6-5-7-14(19)11-13/h2-9,11-12H,1,10H2. The lowest BCUT2D eigenvalue weighted by Crippen LogP contribution is -2.01. The Morgan fingerprint density at radius 3 is 2.76 bits per heavy atom. The van der Waals surface area contributed by atoms with Crippen molar-refractivity contribution >= 4 is 39.3 Å². The first-order valence-corrected chi connectivity index (χ1v) is 7.77. The Hall–Kier alpha value is -1.88. The minimum Gasteiger partial charge on any atom is -0.343 e. The van der Waals surface area contributed by atoms with E-state index in [1.165, 1.54) is 0 Å². The first kappa shape index (κ1) is 14.1. The topological polar surface area (TPSA) is 22.0 Å². The Balaban J connectivity index is 2.16. The lowest BCUT2D eigenvalue weighted by atomic mass is 10.0. The Kier molecular flexibility index (Phi) is 3.92. The van der Waals surface area contributed by atoms with Crippen molar-refractivity contribution in [3.05, 3.63) is 82.1 Å². The molecule has 0 aliphatic rings. The van der Waals surface area contributed by atoms with Crippen LogP contribution in [0.1, 0.15) is 15.9 Å². The highest BCUT2D eigenvalue weighted by atomic mass is 127. The fourth-order valence-corrected chi connectivity index (χ4v) is 3.05. The molecule has 1 heterocycles. The summed E-state index contributed by atoms with van der Waals surface area (Å²) in [6.45, 7) is 4.47. The van der Waals surface area contributed by atoms with E-state index in [2.05, 4.69) is 33.7 Å². The summed E-state index contributed by atoms with van der Waals surface area (Å²) in [6, 6.07) is 15.7. The zero-order chi connectivity index (χ0) is 14.8. The number of hydrogen-bond acceptors (Lipinski definition) is 1. The zero-order valence-corrected chi connectivity index (χ0v) is 13.6. The van der Waals surface area contributed by atoms with Crippen LogP contribution in [0.3, 0.4) is 0 Å². The molecule has 104 valence electrons. The van der Waals surface area contributed by atoms with Gasteiger partial charge >= 0.3 is 0 Å². The summed E-state index contributed by atoms with van der Waals surface area (Å²) in [4.78, 5) is 12.8. The van der Waals surface area contributed by atoms with Gasteiger partial charge in [0.1, 0.15) is 0 Å². The number of aromatic nitrogens is 1. The Morgan fingerprint density at radius 2 is 2.00 bits per heavy atom. The van der Waals surface area contributed by atoms with Crippen molar-refractivity contribution < 1.29 is 4.79 Å². The fourth-order valence-electron chi connectivity index (χ4n) is 2.50. The first-order chi connectivity index (χ1) is 10.2. The van der Waals surface area contributed by atoms with Crippen molar-refractivity contribution in [2.75, 3.05) is 0 Å². The van der Waals surface area contributed by atoms with Gasteiger partial charge in [0, 0.05) is 38.3 Å². The highest BCUT2D eigenvalue weighted by Gasteiger charge is 2.16. The van der Waals surface area contributed by atoms with Gasteiger partial charge < -0.3 is 4.57 Å². The molecule has 0 radical (unpaired) electrons. The van der Waals surface area contributed by atoms with Crippen LogP contribution in [0.2, 0.25) is 0 Å². The van der Waals surface area contributed by atoms with Crippen LogP contribution < -0.4 is 0 Å². The van der Waals surface area contributed by atoms with Gasteiger partial charge in [-0.3, -0.25) is 4.79 Å². The summed E-state index contributed by atoms with van der Waals surface area (Å²) in [7, 11) is 0. The molecular formula is C18H14INO. The third-order valence-corrected chi connectivity index (χ3v) is 4.12. The number of halogens is 1. The summed E-state index contributed by atoms with van der Waals surface area (Å²) in [5.41, 5.74) is 2.53. The van der Waals surface area contributed by atoms with E-state index in [4.69, 9.17) is 0 Å². The number of allylic oxidation sites excluding steroid dienone is 1. The molecule has 0 fully saturated rings. The number of carbonyl (C=O) groups is 1. The summed E-state index contributed by atoms with van der Waals surface area (Å²) in [6.07, 6.45) is 3.76. The molecule has 0 aliphatic heterocycles. The molecule has 0 aliphatic carbocycles. The number of carbonyl (C=O) groups excluding carboxylic acids is 1. The van der Waals surface area contributed by atoms with Crippen molar-refractivity contribution in [2.45, 2.75) is 6.54 Å². The maximum absolute atomic E-state index is 12.8. The Bertz CT molecular complexity index is 832. The maximum atomic E-state index is 12.8. The molecule has 21 heavy (non-hydrogen) atoms. The molecule has 0 amide bonds. The number of benzene rings is 2. The molecule has 2 nitrogen and oxygen atoms in total. The fraction of sp³-hybridized carbons (Fsp3) is 0.0556. The van der Waals surface area contributed by atoms with Crippen LogP contribution in [0.25, 0.3) is 10.9 Å². The van der Waals surface area contributed by atoms with Crippen molar-refractivity contribution in [1.29, 1.82) is 0 Å². The second kappa shape index (κ2) is 5.85. The highest BCUT2D eigenvalue weighted by molar-refractivity contribution is 14.1. The van der Waals surface area contributed by atoms with Gasteiger partial charge in [0.15, 0.2) is 5.78 Å². The first-order valence-electron chi connectivity index (χ1n) is 6.70. The molecule has 0 N–H and O–H groups in total. The average molecular weight is 387 g/mol. The maximum Gasteiger partial charge on any atom is 0.195 e. The van der Waals surface area contributed by atoms with Gasteiger partial charge in [0.25, 0.3) is 0 Å². The predicted molar refractivity (Wildman–Crippen MR) is 94.7 cm³/mol. The minimum atomic E-state index is 0.0625. The molecule has 0 saturated carbocycles. The second-order valence-corrected chi connectivity index (χ2v) is 6.09. The largest absolute Gasteiger partial charge is 0.343 e. The number of ketones is 1. The molecule has 0 unspecified atom stereocenters. The van der Waals surface area contributed by atoms with Crippen molar-refractivity contribution in [2.24, 2.45) is 0 Å². The van der Waals surface area contributed by atoms with E-state index in [1.54, 1.807) is 0 Å². The summed E-state index contributed by atoms with van der Waals surface area (Å²) in [5, 5.41) is 0.989. The van der Waals surface area contributed by atoms with Crippen molar-refractivity contribution in [1.82, 2.24) is 4.57 Å². The van der Waals surface area contributed by atoms with Crippen LogP contribution in [0.15, 0.2) is 67.4 Å². The molecule has 2 aromatic carbocycles. The van der Waals surface area contributed by atoms with Crippen molar-refractivity contribution in [3.63, 3.8) is 0 Å². The van der Waals surface area contributed by atoms with Crippen LogP contribution >= 0.6 is 22.6 Å². The Labute approximate surface area is 137 Å². The van der Waals surface area contributed by atoms with Gasteiger partial charge in [-0.1, -0.05) is 36.4 Å². The van der Waals surface area contributed by atoms with E-state index >= 15 is 0 Å². The third kappa shape index (κ3) is 2.65. The van der Waals surface area contributed by atoms with E-state index in [9.17, 15) is 4.79 Å². The molecule has 3 aromatic rings. The van der Waals surface area contributed by atoms with Gasteiger partial charge in [-0.15, -0.1) is 6.58 Å². The summed E-state index contributed by atoms with van der Waals surface area (Å²) < 4.78 is 3.12. The molecular weight excluding hydrogens is 373 g/mol. The van der Waals surface area contributed by atoms with Gasteiger partial charge in [-0.2, -0.15) is 0 Å². The van der Waals surface area contributed by atoms with E-state index in [0.717, 1.165) is 25.6 Å².